The summed E-state index contributed by atoms with van der Waals surface area (Å²) in [5, 5.41) is 2.30. The third kappa shape index (κ3) is 6.46. The zero-order valence-electron chi connectivity index (χ0n) is 18.4. The van der Waals surface area contributed by atoms with Crippen LogP contribution < -0.4 is 20.3 Å². The minimum absolute atomic E-state index is 0.00983. The van der Waals surface area contributed by atoms with Gasteiger partial charge in [0.2, 0.25) is 5.91 Å². The molecule has 0 aliphatic carbocycles. The maximum absolute atomic E-state index is 14.7. The second-order valence-electron chi connectivity index (χ2n) is 7.23. The van der Waals surface area contributed by atoms with Gasteiger partial charge in [0, 0.05) is 23.5 Å². The lowest BCUT2D eigenvalue weighted by Crippen LogP contribution is -2.16. The molecule has 0 aliphatic rings. The van der Waals surface area contributed by atoms with E-state index >= 15 is 0 Å². The molecule has 184 valence electrons. The number of nitrogens with one attached hydrogen (secondary N) is 2. The molecule has 1 heterocycles. The predicted octanol–water partition coefficient (Wildman–Crippen LogP) is 4.36. The fourth-order valence-electron chi connectivity index (χ4n) is 3.27. The van der Waals surface area contributed by atoms with Crippen molar-refractivity contribution in [1.82, 2.24) is 4.98 Å². The number of hydrogen-bond acceptors (Lipinski definition) is 5. The van der Waals surface area contributed by atoms with Crippen LogP contribution in [-0.2, 0) is 22.2 Å². The summed E-state index contributed by atoms with van der Waals surface area (Å²) in [6, 6.07) is 8.13. The number of aromatic amines is 1. The molecule has 11 heteroatoms. The molecule has 0 aliphatic heterocycles. The summed E-state index contributed by atoms with van der Waals surface area (Å²) in [6.07, 6.45) is -3.54. The second-order valence-corrected chi connectivity index (χ2v) is 7.23. The number of amides is 1. The summed E-state index contributed by atoms with van der Waals surface area (Å²) in [7, 11) is 0. The van der Waals surface area contributed by atoms with Crippen molar-refractivity contribution >= 4 is 17.9 Å². The van der Waals surface area contributed by atoms with Crippen LogP contribution in [0, 0.1) is 5.82 Å². The zero-order chi connectivity index (χ0) is 25.6. The van der Waals surface area contributed by atoms with E-state index in [4.69, 9.17) is 9.47 Å². The lowest BCUT2D eigenvalue weighted by molar-refractivity contribution is -0.139. The van der Waals surface area contributed by atoms with E-state index in [9.17, 15) is 31.9 Å². The van der Waals surface area contributed by atoms with Gasteiger partial charge in [0.1, 0.15) is 23.9 Å². The van der Waals surface area contributed by atoms with Gasteiger partial charge in [-0.1, -0.05) is 12.1 Å². The Balaban J connectivity index is 1.78. The Morgan fingerprint density at radius 3 is 2.51 bits per heavy atom. The molecule has 0 atom stereocenters. The van der Waals surface area contributed by atoms with Crippen molar-refractivity contribution in [2.24, 2.45) is 0 Å². The van der Waals surface area contributed by atoms with Crippen molar-refractivity contribution < 1.29 is 36.6 Å². The molecular formula is C24H20F4N2O5. The molecule has 0 radical (unpaired) electrons. The number of halogens is 4. The molecule has 1 amide bonds. The van der Waals surface area contributed by atoms with Gasteiger partial charge >= 0.3 is 6.18 Å². The molecule has 0 saturated heterocycles. The van der Waals surface area contributed by atoms with Crippen molar-refractivity contribution in [3.05, 3.63) is 76.0 Å². The fraction of sp³-hybridized carbons (Fsp3) is 0.208. The van der Waals surface area contributed by atoms with E-state index in [2.05, 4.69) is 10.3 Å². The summed E-state index contributed by atoms with van der Waals surface area (Å²) in [6.45, 7) is 1.46. The monoisotopic (exact) mass is 492 g/mol. The third-order valence-corrected chi connectivity index (χ3v) is 4.78. The fourth-order valence-corrected chi connectivity index (χ4v) is 3.27. The van der Waals surface area contributed by atoms with E-state index in [1.807, 2.05) is 0 Å². The van der Waals surface area contributed by atoms with Crippen LogP contribution in [0.25, 0.3) is 11.1 Å². The maximum Gasteiger partial charge on any atom is 0.420 e. The van der Waals surface area contributed by atoms with Gasteiger partial charge in [0.05, 0.1) is 18.6 Å². The number of rotatable bonds is 9. The van der Waals surface area contributed by atoms with Gasteiger partial charge < -0.3 is 19.8 Å². The first-order chi connectivity index (χ1) is 16.6. The second kappa shape index (κ2) is 10.9. The molecule has 35 heavy (non-hydrogen) atoms. The topological polar surface area (TPSA) is 97.5 Å². The molecule has 0 spiro atoms. The Labute approximate surface area is 196 Å². The lowest BCUT2D eigenvalue weighted by atomic mass is 10.0. The summed E-state index contributed by atoms with van der Waals surface area (Å²) >= 11 is 0. The van der Waals surface area contributed by atoms with E-state index in [0.29, 0.717) is 23.5 Å². The Morgan fingerprint density at radius 1 is 1.09 bits per heavy atom. The van der Waals surface area contributed by atoms with Crippen molar-refractivity contribution in [3.63, 3.8) is 0 Å². The Hall–Kier alpha value is -4.15. The molecule has 3 rings (SSSR count). The zero-order valence-corrected chi connectivity index (χ0v) is 18.4. The average molecular weight is 492 g/mol. The normalized spacial score (nSPS) is 11.1. The number of carbonyl (C=O) groups is 2. The molecule has 0 unspecified atom stereocenters. The Kier molecular flexibility index (Phi) is 7.90. The van der Waals surface area contributed by atoms with Crippen LogP contribution in [-0.4, -0.2) is 30.4 Å². The van der Waals surface area contributed by atoms with Crippen molar-refractivity contribution in [3.8, 4) is 22.6 Å². The molecular weight excluding hydrogens is 472 g/mol. The lowest BCUT2D eigenvalue weighted by Gasteiger charge is -2.15. The van der Waals surface area contributed by atoms with Gasteiger partial charge in [-0.15, -0.1) is 0 Å². The minimum atomic E-state index is -4.79. The van der Waals surface area contributed by atoms with E-state index in [0.717, 1.165) is 6.07 Å². The Bertz CT molecular complexity index is 1290. The van der Waals surface area contributed by atoms with Gasteiger partial charge in [-0.2, -0.15) is 13.2 Å². The molecule has 0 bridgehead atoms. The van der Waals surface area contributed by atoms with Gasteiger partial charge in [-0.3, -0.25) is 14.4 Å². The van der Waals surface area contributed by atoms with E-state index in [1.165, 1.54) is 36.5 Å². The van der Waals surface area contributed by atoms with Gasteiger partial charge in [0.25, 0.3) is 5.56 Å². The molecule has 1 aromatic heterocycles. The van der Waals surface area contributed by atoms with Crippen LogP contribution in [0.5, 0.6) is 11.5 Å². The van der Waals surface area contributed by atoms with E-state index < -0.39 is 42.2 Å². The molecule has 2 N–H and O–H groups in total. The third-order valence-electron chi connectivity index (χ3n) is 4.78. The van der Waals surface area contributed by atoms with Crippen LogP contribution in [0.2, 0.25) is 0 Å². The first-order valence-corrected chi connectivity index (χ1v) is 10.3. The highest BCUT2D eigenvalue weighted by atomic mass is 19.4. The smallest absolute Gasteiger partial charge is 0.420 e. The number of aldehydes is 1. The van der Waals surface area contributed by atoms with Crippen LogP contribution in [0.15, 0.2) is 53.5 Å². The quantitative estimate of drug-likeness (QED) is 0.342. The van der Waals surface area contributed by atoms with Crippen molar-refractivity contribution in [2.75, 3.05) is 18.5 Å². The first kappa shape index (κ1) is 25.5. The average Bonchev–Trinajstić information content (AvgIpc) is 2.79. The first-order valence-electron chi connectivity index (χ1n) is 10.3. The van der Waals surface area contributed by atoms with Crippen LogP contribution >= 0.6 is 0 Å². The van der Waals surface area contributed by atoms with Crippen LogP contribution in [0.1, 0.15) is 18.1 Å². The number of H-pyrrole nitrogens is 1. The van der Waals surface area contributed by atoms with Gasteiger partial charge in [-0.05, 0) is 42.3 Å². The standard InChI is InChI=1S/C24H20F4N2O5/c1-2-34-21-12-22(32)29-13-17(21)14-3-4-15(19(25)9-14)10-23(33)30-16-5-6-20(35-8-7-31)18(11-16)24(26,27)28/h3-7,9,11-13H,2,8,10H2,1H3,(H,29,32)(H,30,33). The van der Waals surface area contributed by atoms with Gasteiger partial charge in [0.15, 0.2) is 6.29 Å². The highest BCUT2D eigenvalue weighted by Gasteiger charge is 2.35. The molecule has 3 aromatic rings. The molecule has 0 saturated carbocycles. The van der Waals surface area contributed by atoms with Gasteiger partial charge in [-0.25, -0.2) is 4.39 Å². The maximum atomic E-state index is 14.7. The number of anilines is 1. The summed E-state index contributed by atoms with van der Waals surface area (Å²) in [5.41, 5.74) is -0.880. The van der Waals surface area contributed by atoms with Crippen molar-refractivity contribution in [1.29, 1.82) is 0 Å². The highest BCUT2D eigenvalue weighted by Crippen LogP contribution is 2.38. The predicted molar refractivity (Wildman–Crippen MR) is 119 cm³/mol. The van der Waals surface area contributed by atoms with Crippen molar-refractivity contribution in [2.45, 2.75) is 19.5 Å². The number of pyridine rings is 1. The summed E-state index contributed by atoms with van der Waals surface area (Å²) < 4.78 is 64.9. The molecule has 7 nitrogen and oxygen atoms in total. The Morgan fingerprint density at radius 2 is 1.86 bits per heavy atom. The summed E-state index contributed by atoms with van der Waals surface area (Å²) in [4.78, 5) is 36.8. The van der Waals surface area contributed by atoms with E-state index in [1.54, 1.807) is 6.92 Å². The summed E-state index contributed by atoms with van der Waals surface area (Å²) in [5.74, 6) is -1.76. The molecule has 0 fully saturated rings. The highest BCUT2D eigenvalue weighted by molar-refractivity contribution is 5.92. The number of carbonyl (C=O) groups excluding carboxylic acids is 2. The molecule has 2 aromatic carbocycles. The number of benzene rings is 2. The SMILES string of the molecule is CCOc1cc(=O)[nH]cc1-c1ccc(CC(=O)Nc2ccc(OCC=O)c(C(F)(F)F)c2)c(F)c1. The largest absolute Gasteiger partial charge is 0.493 e. The van der Waals surface area contributed by atoms with E-state index in [-0.39, 0.29) is 29.2 Å². The van der Waals surface area contributed by atoms with Crippen LogP contribution in [0.3, 0.4) is 0 Å². The number of hydrogen-bond donors (Lipinski definition) is 2. The van der Waals surface area contributed by atoms with Crippen LogP contribution in [0.4, 0.5) is 23.2 Å². The number of alkyl halides is 3. The number of aromatic nitrogens is 1. The minimum Gasteiger partial charge on any atom is -0.493 e. The number of ether oxygens (including phenoxy) is 2.